The number of thiazole rings is 1. The van der Waals surface area contributed by atoms with Crippen LogP contribution in [0.3, 0.4) is 0 Å². The second-order valence-corrected chi connectivity index (χ2v) is 6.78. The number of urea groups is 1. The van der Waals surface area contributed by atoms with Crippen LogP contribution in [0.2, 0.25) is 0 Å². The molecular formula is C14H24N4OS. The molecule has 5 nitrogen and oxygen atoms in total. The van der Waals surface area contributed by atoms with Gasteiger partial charge in [-0.3, -0.25) is 4.90 Å². The second kappa shape index (κ2) is 7.04. The van der Waals surface area contributed by atoms with Crippen molar-refractivity contribution < 1.29 is 4.79 Å². The highest BCUT2D eigenvalue weighted by atomic mass is 32.1. The lowest BCUT2D eigenvalue weighted by atomic mass is 9.94. The first-order chi connectivity index (χ1) is 9.58. The largest absolute Gasteiger partial charge is 0.338 e. The molecule has 1 fully saturated rings. The SMILES string of the molecule is CCNC(=O)N[C@H]1CCN(Cc2cnc(C)s2)C[C@@H]1C. The van der Waals surface area contributed by atoms with Gasteiger partial charge in [0.25, 0.3) is 0 Å². The highest BCUT2D eigenvalue weighted by molar-refractivity contribution is 7.11. The van der Waals surface area contributed by atoms with E-state index in [1.807, 2.05) is 20.0 Å². The number of hydrogen-bond acceptors (Lipinski definition) is 4. The molecule has 2 heterocycles. The normalized spacial score (nSPS) is 23.6. The summed E-state index contributed by atoms with van der Waals surface area (Å²) in [5, 5.41) is 6.99. The quantitative estimate of drug-likeness (QED) is 0.893. The summed E-state index contributed by atoms with van der Waals surface area (Å²) in [6, 6.07) is 0.233. The Labute approximate surface area is 124 Å². The van der Waals surface area contributed by atoms with E-state index >= 15 is 0 Å². The molecule has 0 bridgehead atoms. The van der Waals surface area contributed by atoms with Crippen LogP contribution < -0.4 is 10.6 Å². The van der Waals surface area contributed by atoms with E-state index in [1.165, 1.54) is 4.88 Å². The van der Waals surface area contributed by atoms with Gasteiger partial charge in [-0.2, -0.15) is 0 Å². The summed E-state index contributed by atoms with van der Waals surface area (Å²) in [6.07, 6.45) is 2.99. The summed E-state index contributed by atoms with van der Waals surface area (Å²) < 4.78 is 0. The number of aromatic nitrogens is 1. The number of likely N-dealkylation sites (tertiary alicyclic amines) is 1. The molecular weight excluding hydrogens is 272 g/mol. The van der Waals surface area contributed by atoms with Crippen LogP contribution in [0.25, 0.3) is 0 Å². The Bertz CT molecular complexity index is 448. The van der Waals surface area contributed by atoms with E-state index in [4.69, 9.17) is 0 Å². The zero-order chi connectivity index (χ0) is 14.5. The van der Waals surface area contributed by atoms with Gasteiger partial charge >= 0.3 is 6.03 Å². The van der Waals surface area contributed by atoms with E-state index in [0.717, 1.165) is 31.1 Å². The third-order valence-electron chi connectivity index (χ3n) is 3.69. The number of carbonyl (C=O) groups excluding carboxylic acids is 1. The van der Waals surface area contributed by atoms with Crippen LogP contribution in [0.1, 0.15) is 30.2 Å². The molecule has 0 unspecified atom stereocenters. The Morgan fingerprint density at radius 2 is 2.40 bits per heavy atom. The molecule has 20 heavy (non-hydrogen) atoms. The Balaban J connectivity index is 1.81. The summed E-state index contributed by atoms with van der Waals surface area (Å²) >= 11 is 1.77. The third kappa shape index (κ3) is 4.18. The van der Waals surface area contributed by atoms with E-state index < -0.39 is 0 Å². The molecule has 0 aromatic carbocycles. The maximum Gasteiger partial charge on any atom is 0.315 e. The summed E-state index contributed by atoms with van der Waals surface area (Å²) in [4.78, 5) is 19.7. The van der Waals surface area contributed by atoms with Gasteiger partial charge in [0.05, 0.1) is 5.01 Å². The highest BCUT2D eigenvalue weighted by Gasteiger charge is 2.27. The number of piperidine rings is 1. The van der Waals surface area contributed by atoms with Crippen molar-refractivity contribution in [3.8, 4) is 0 Å². The van der Waals surface area contributed by atoms with Gasteiger partial charge in [-0.25, -0.2) is 9.78 Å². The number of nitrogens with one attached hydrogen (secondary N) is 2. The van der Waals surface area contributed by atoms with E-state index in [1.54, 1.807) is 11.3 Å². The Kier molecular flexibility index (Phi) is 5.37. The van der Waals surface area contributed by atoms with Gasteiger partial charge in [0.15, 0.2) is 0 Å². The maximum absolute atomic E-state index is 11.6. The van der Waals surface area contributed by atoms with Gasteiger partial charge in [0.1, 0.15) is 0 Å². The molecule has 0 saturated carbocycles. The van der Waals surface area contributed by atoms with Crippen LogP contribution in [0.4, 0.5) is 4.79 Å². The molecule has 112 valence electrons. The molecule has 6 heteroatoms. The first-order valence-corrected chi connectivity index (χ1v) is 8.08. The molecule has 0 spiro atoms. The second-order valence-electron chi connectivity index (χ2n) is 5.46. The van der Waals surface area contributed by atoms with Crippen molar-refractivity contribution in [2.45, 2.75) is 39.8 Å². The van der Waals surface area contributed by atoms with Gasteiger partial charge < -0.3 is 10.6 Å². The predicted molar refractivity (Wildman–Crippen MR) is 81.9 cm³/mol. The van der Waals surface area contributed by atoms with Crippen LogP contribution >= 0.6 is 11.3 Å². The molecule has 1 aromatic heterocycles. The smallest absolute Gasteiger partial charge is 0.315 e. The summed E-state index contributed by atoms with van der Waals surface area (Å²) in [5.41, 5.74) is 0. The van der Waals surface area contributed by atoms with E-state index in [2.05, 4.69) is 27.4 Å². The molecule has 2 amide bonds. The zero-order valence-electron chi connectivity index (χ0n) is 12.5. The van der Waals surface area contributed by atoms with Crippen molar-refractivity contribution in [2.75, 3.05) is 19.6 Å². The molecule has 1 aliphatic rings. The lowest BCUT2D eigenvalue weighted by Gasteiger charge is -2.37. The first kappa shape index (κ1) is 15.3. The minimum atomic E-state index is -0.0455. The van der Waals surface area contributed by atoms with Crippen molar-refractivity contribution in [1.82, 2.24) is 20.5 Å². The molecule has 0 aliphatic carbocycles. The van der Waals surface area contributed by atoms with Crippen LogP contribution in [0.15, 0.2) is 6.20 Å². The maximum atomic E-state index is 11.6. The van der Waals surface area contributed by atoms with Crippen LogP contribution in [-0.2, 0) is 6.54 Å². The fraction of sp³-hybridized carbons (Fsp3) is 0.714. The van der Waals surface area contributed by atoms with E-state index in [0.29, 0.717) is 12.5 Å². The van der Waals surface area contributed by atoms with Crippen LogP contribution in [0.5, 0.6) is 0 Å². The fourth-order valence-electron chi connectivity index (χ4n) is 2.67. The average molecular weight is 296 g/mol. The Hall–Kier alpha value is -1.14. The Morgan fingerprint density at radius 3 is 3.00 bits per heavy atom. The number of amides is 2. The molecule has 0 radical (unpaired) electrons. The molecule has 1 aliphatic heterocycles. The lowest BCUT2D eigenvalue weighted by Crippen LogP contribution is -2.52. The zero-order valence-corrected chi connectivity index (χ0v) is 13.3. The summed E-state index contributed by atoms with van der Waals surface area (Å²) in [5.74, 6) is 0.473. The summed E-state index contributed by atoms with van der Waals surface area (Å²) in [7, 11) is 0. The average Bonchev–Trinajstić information content (AvgIpc) is 2.78. The third-order valence-corrected chi connectivity index (χ3v) is 4.59. The van der Waals surface area contributed by atoms with E-state index in [-0.39, 0.29) is 12.1 Å². The molecule has 2 rings (SSSR count). The Morgan fingerprint density at radius 1 is 1.60 bits per heavy atom. The number of aryl methyl sites for hydroxylation is 1. The lowest BCUT2D eigenvalue weighted by molar-refractivity contribution is 0.143. The van der Waals surface area contributed by atoms with E-state index in [9.17, 15) is 4.79 Å². The monoisotopic (exact) mass is 296 g/mol. The number of carbonyl (C=O) groups is 1. The van der Waals surface area contributed by atoms with Crippen molar-refractivity contribution >= 4 is 17.4 Å². The molecule has 1 aromatic rings. The minimum Gasteiger partial charge on any atom is -0.338 e. The van der Waals surface area contributed by atoms with Crippen molar-refractivity contribution in [3.63, 3.8) is 0 Å². The van der Waals surface area contributed by atoms with Crippen LogP contribution in [0, 0.1) is 12.8 Å². The van der Waals surface area contributed by atoms with Gasteiger partial charge in [0.2, 0.25) is 0 Å². The minimum absolute atomic E-state index is 0.0455. The van der Waals surface area contributed by atoms with Crippen LogP contribution in [-0.4, -0.2) is 41.6 Å². The first-order valence-electron chi connectivity index (χ1n) is 7.26. The van der Waals surface area contributed by atoms with Gasteiger partial charge in [-0.15, -0.1) is 11.3 Å². The number of nitrogens with zero attached hydrogens (tertiary/aromatic N) is 2. The predicted octanol–water partition coefficient (Wildman–Crippen LogP) is 1.98. The van der Waals surface area contributed by atoms with Gasteiger partial charge in [0, 0.05) is 43.3 Å². The topological polar surface area (TPSA) is 57.3 Å². The molecule has 2 atom stereocenters. The number of rotatable bonds is 4. The van der Waals surface area contributed by atoms with Crippen molar-refractivity contribution in [3.05, 3.63) is 16.1 Å². The van der Waals surface area contributed by atoms with Gasteiger partial charge in [-0.1, -0.05) is 6.92 Å². The highest BCUT2D eigenvalue weighted by Crippen LogP contribution is 2.21. The number of hydrogen-bond donors (Lipinski definition) is 2. The van der Waals surface area contributed by atoms with Gasteiger partial charge in [-0.05, 0) is 26.2 Å². The fourth-order valence-corrected chi connectivity index (χ4v) is 3.51. The summed E-state index contributed by atoms with van der Waals surface area (Å²) in [6.45, 7) is 9.88. The molecule has 1 saturated heterocycles. The standard InChI is InChI=1S/C14H24N4OS/c1-4-15-14(19)17-13-5-6-18(8-10(13)2)9-12-7-16-11(3)20-12/h7,10,13H,4-6,8-9H2,1-3H3,(H2,15,17,19)/t10-,13-/m0/s1. The van der Waals surface area contributed by atoms with Crippen molar-refractivity contribution in [1.29, 1.82) is 0 Å². The molecule has 2 N–H and O–H groups in total. The van der Waals surface area contributed by atoms with Crippen molar-refractivity contribution in [2.24, 2.45) is 5.92 Å².